The zero-order chi connectivity index (χ0) is 18.6. The van der Waals surface area contributed by atoms with Crippen molar-refractivity contribution in [1.82, 2.24) is 15.3 Å². The van der Waals surface area contributed by atoms with Crippen LogP contribution in [0.15, 0.2) is 60.9 Å². The van der Waals surface area contributed by atoms with E-state index in [2.05, 4.69) is 20.2 Å². The smallest absolute Gasteiger partial charge is 0.225 e. The Kier molecular flexibility index (Phi) is 5.12. The van der Waals surface area contributed by atoms with Crippen LogP contribution < -0.4 is 10.2 Å². The van der Waals surface area contributed by atoms with Crippen LogP contribution in [-0.2, 0) is 0 Å². The Morgan fingerprint density at radius 3 is 2.33 bits per heavy atom. The summed E-state index contributed by atoms with van der Waals surface area (Å²) >= 11 is 0. The van der Waals surface area contributed by atoms with E-state index in [9.17, 15) is 0 Å². The second-order valence-corrected chi connectivity index (χ2v) is 6.92. The number of anilines is 1. The third-order valence-electron chi connectivity index (χ3n) is 5.17. The number of hydrogen-bond donors (Lipinski definition) is 1. The average Bonchev–Trinajstić information content (AvgIpc) is 2.75. The summed E-state index contributed by atoms with van der Waals surface area (Å²) in [7, 11) is 2.02. The average molecular weight is 362 g/mol. The van der Waals surface area contributed by atoms with E-state index in [0.717, 1.165) is 31.5 Å². The summed E-state index contributed by atoms with van der Waals surface area (Å²) in [6.07, 6.45) is 5.71. The third kappa shape index (κ3) is 3.69. The van der Waals surface area contributed by atoms with Crippen LogP contribution in [0.4, 0.5) is 10.3 Å². The number of nitrogens with zero attached hydrogens (tertiary/aromatic N) is 3. The molecule has 1 atom stereocenters. The summed E-state index contributed by atoms with van der Waals surface area (Å²) in [6.45, 7) is 2.01. The summed E-state index contributed by atoms with van der Waals surface area (Å²) in [4.78, 5) is 11.1. The molecule has 0 saturated carbocycles. The third-order valence-corrected chi connectivity index (χ3v) is 5.17. The first-order valence-electron chi connectivity index (χ1n) is 9.34. The van der Waals surface area contributed by atoms with Crippen LogP contribution in [0, 0.1) is 5.82 Å². The van der Waals surface area contributed by atoms with Crippen molar-refractivity contribution in [2.75, 3.05) is 25.0 Å². The van der Waals surface area contributed by atoms with Gasteiger partial charge in [-0.1, -0.05) is 48.5 Å². The molecule has 1 saturated heterocycles. The molecule has 1 N–H and O–H groups in total. The maximum absolute atomic E-state index is 15.1. The highest BCUT2D eigenvalue weighted by Gasteiger charge is 2.20. The molecule has 1 fully saturated rings. The van der Waals surface area contributed by atoms with E-state index in [1.165, 1.54) is 0 Å². The molecule has 0 amide bonds. The highest BCUT2D eigenvalue weighted by atomic mass is 19.1. The molecular weight excluding hydrogens is 339 g/mol. The summed E-state index contributed by atoms with van der Waals surface area (Å²) in [5.41, 5.74) is 2.65. The van der Waals surface area contributed by atoms with E-state index < -0.39 is 0 Å². The molecular formula is C22H23FN4. The van der Waals surface area contributed by atoms with Gasteiger partial charge in [-0.05, 0) is 24.9 Å². The van der Waals surface area contributed by atoms with Gasteiger partial charge in [0.1, 0.15) is 5.82 Å². The van der Waals surface area contributed by atoms with Gasteiger partial charge in [0.05, 0.1) is 0 Å². The van der Waals surface area contributed by atoms with Gasteiger partial charge in [-0.25, -0.2) is 14.4 Å². The molecule has 0 unspecified atom stereocenters. The number of aromatic nitrogens is 2. The normalized spacial score (nSPS) is 16.9. The number of piperidine rings is 1. The van der Waals surface area contributed by atoms with E-state index in [4.69, 9.17) is 0 Å². The first-order chi connectivity index (χ1) is 13.2. The number of hydrogen-bond acceptors (Lipinski definition) is 4. The maximum atomic E-state index is 15.1. The number of nitrogens with one attached hydrogen (secondary N) is 1. The first kappa shape index (κ1) is 17.6. The summed E-state index contributed by atoms with van der Waals surface area (Å²) in [5, 5.41) is 3.41. The molecule has 5 heteroatoms. The van der Waals surface area contributed by atoms with Crippen LogP contribution in [0.2, 0.25) is 0 Å². The molecule has 0 aliphatic carbocycles. The highest BCUT2D eigenvalue weighted by Crippen LogP contribution is 2.30. The first-order valence-corrected chi connectivity index (χ1v) is 9.34. The van der Waals surface area contributed by atoms with Gasteiger partial charge in [0.2, 0.25) is 5.95 Å². The fourth-order valence-corrected chi connectivity index (χ4v) is 3.57. The van der Waals surface area contributed by atoms with Gasteiger partial charge in [-0.3, -0.25) is 0 Å². The lowest BCUT2D eigenvalue weighted by atomic mass is 9.99. The van der Waals surface area contributed by atoms with E-state index in [0.29, 0.717) is 28.7 Å². The van der Waals surface area contributed by atoms with Crippen molar-refractivity contribution in [3.8, 4) is 22.3 Å². The van der Waals surface area contributed by atoms with Crippen LogP contribution in [0.25, 0.3) is 22.3 Å². The number of benzene rings is 2. The predicted octanol–water partition coefficient (Wildman–Crippen LogP) is 4.14. The largest absolute Gasteiger partial charge is 0.340 e. The lowest BCUT2D eigenvalue weighted by Gasteiger charge is -2.31. The molecule has 1 aliphatic rings. The molecule has 0 spiro atoms. The Morgan fingerprint density at radius 1 is 0.963 bits per heavy atom. The second kappa shape index (κ2) is 7.84. The van der Waals surface area contributed by atoms with Crippen LogP contribution in [-0.4, -0.2) is 36.1 Å². The van der Waals surface area contributed by atoms with E-state index >= 15 is 4.39 Å². The van der Waals surface area contributed by atoms with Gasteiger partial charge in [-0.15, -0.1) is 0 Å². The van der Waals surface area contributed by atoms with Crippen LogP contribution >= 0.6 is 0 Å². The fraction of sp³-hybridized carbons (Fsp3) is 0.273. The topological polar surface area (TPSA) is 41.1 Å². The standard InChI is InChI=1S/C22H23FN4/c1-27(18-9-6-12-24-15-18)22-25-13-17(14-26-22)20-11-5-10-19(21(20)23)16-7-3-2-4-8-16/h2-5,7-8,10-11,13-14,18,24H,6,9,12,15H2,1H3/t18-/m0/s1. The Balaban J connectivity index is 1.61. The quantitative estimate of drug-likeness (QED) is 0.757. The van der Waals surface area contributed by atoms with Crippen molar-refractivity contribution >= 4 is 5.95 Å². The summed E-state index contributed by atoms with van der Waals surface area (Å²) in [5.74, 6) is 0.428. The van der Waals surface area contributed by atoms with Gasteiger partial charge in [-0.2, -0.15) is 0 Å². The predicted molar refractivity (Wildman–Crippen MR) is 107 cm³/mol. The Bertz CT molecular complexity index is 890. The van der Waals surface area contributed by atoms with Crippen LogP contribution in [0.3, 0.4) is 0 Å². The molecule has 138 valence electrons. The molecule has 0 bridgehead atoms. The molecule has 27 heavy (non-hydrogen) atoms. The van der Waals surface area contributed by atoms with Crippen molar-refractivity contribution in [2.45, 2.75) is 18.9 Å². The molecule has 0 radical (unpaired) electrons. The van der Waals surface area contributed by atoms with E-state index in [1.807, 2.05) is 43.4 Å². The van der Waals surface area contributed by atoms with Crippen LogP contribution in [0.5, 0.6) is 0 Å². The van der Waals surface area contributed by atoms with E-state index in [1.54, 1.807) is 24.5 Å². The van der Waals surface area contributed by atoms with Gasteiger partial charge in [0.15, 0.2) is 0 Å². The monoisotopic (exact) mass is 362 g/mol. The molecule has 3 aromatic rings. The molecule has 2 heterocycles. The SMILES string of the molecule is CN(c1ncc(-c2cccc(-c3ccccc3)c2F)cn1)[C@H]1CCCNC1. The van der Waals surface area contributed by atoms with Crippen molar-refractivity contribution < 1.29 is 4.39 Å². The van der Waals surface area contributed by atoms with Crippen molar-refractivity contribution in [3.63, 3.8) is 0 Å². The summed E-state index contributed by atoms with van der Waals surface area (Å²) < 4.78 is 15.1. The summed E-state index contributed by atoms with van der Waals surface area (Å²) in [6, 6.07) is 15.4. The van der Waals surface area contributed by atoms with Gasteiger partial charge in [0.25, 0.3) is 0 Å². The maximum Gasteiger partial charge on any atom is 0.225 e. The number of halogens is 1. The fourth-order valence-electron chi connectivity index (χ4n) is 3.57. The lowest BCUT2D eigenvalue weighted by molar-refractivity contribution is 0.441. The molecule has 4 rings (SSSR count). The Labute approximate surface area is 159 Å². The van der Waals surface area contributed by atoms with Gasteiger partial charge < -0.3 is 10.2 Å². The number of rotatable bonds is 4. The zero-order valence-corrected chi connectivity index (χ0v) is 15.4. The molecule has 1 aromatic heterocycles. The van der Waals surface area contributed by atoms with Gasteiger partial charge >= 0.3 is 0 Å². The highest BCUT2D eigenvalue weighted by molar-refractivity contribution is 5.73. The van der Waals surface area contributed by atoms with Crippen LogP contribution in [0.1, 0.15) is 12.8 Å². The van der Waals surface area contributed by atoms with E-state index in [-0.39, 0.29) is 5.82 Å². The molecule has 1 aliphatic heterocycles. The zero-order valence-electron chi connectivity index (χ0n) is 15.4. The Hall–Kier alpha value is -2.79. The van der Waals surface area contributed by atoms with Crippen molar-refractivity contribution in [1.29, 1.82) is 0 Å². The minimum absolute atomic E-state index is 0.245. The number of likely N-dealkylation sites (N-methyl/N-ethyl adjacent to an activating group) is 1. The minimum atomic E-state index is -0.245. The van der Waals surface area contributed by atoms with Gasteiger partial charge in [0, 0.05) is 48.7 Å². The Morgan fingerprint density at radius 2 is 1.67 bits per heavy atom. The lowest BCUT2D eigenvalue weighted by Crippen LogP contribution is -2.44. The minimum Gasteiger partial charge on any atom is -0.340 e. The molecule has 2 aromatic carbocycles. The van der Waals surface area contributed by atoms with Crippen molar-refractivity contribution in [2.24, 2.45) is 0 Å². The second-order valence-electron chi connectivity index (χ2n) is 6.92. The van der Waals surface area contributed by atoms with Crippen molar-refractivity contribution in [3.05, 3.63) is 66.7 Å². The molecule has 4 nitrogen and oxygen atoms in total.